The molecule has 4 aromatic rings. The van der Waals surface area contributed by atoms with Crippen molar-refractivity contribution in [2.24, 2.45) is 11.8 Å². The molecule has 2 amide bonds. The summed E-state index contributed by atoms with van der Waals surface area (Å²) in [6.07, 6.45) is 4.70. The van der Waals surface area contributed by atoms with Crippen LogP contribution in [-0.4, -0.2) is 46.5 Å². The average Bonchev–Trinajstić information content (AvgIpc) is 3.12. The Kier molecular flexibility index (Phi) is 4.27. The number of hydrogen-bond donors (Lipinski definition) is 1. The van der Waals surface area contributed by atoms with Crippen LogP contribution >= 0.6 is 0 Å². The smallest absolute Gasteiger partial charge is 0.255 e. The summed E-state index contributed by atoms with van der Waals surface area (Å²) in [4.78, 5) is 27.3. The van der Waals surface area contributed by atoms with Crippen LogP contribution in [0.3, 0.4) is 0 Å². The van der Waals surface area contributed by atoms with Gasteiger partial charge in [0.2, 0.25) is 0 Å². The van der Waals surface area contributed by atoms with Crippen molar-refractivity contribution >= 4 is 28.3 Å². The highest BCUT2D eigenvalue weighted by Gasteiger charge is 2.47. The predicted molar refractivity (Wildman–Crippen MR) is 122 cm³/mol. The summed E-state index contributed by atoms with van der Waals surface area (Å²) in [6, 6.07) is 7.19. The molecule has 0 radical (unpaired) electrons. The molecule has 2 aliphatic rings. The number of likely N-dealkylation sites (tertiary alicyclic amines) is 1. The summed E-state index contributed by atoms with van der Waals surface area (Å²) >= 11 is 0. The number of benzene rings is 1. The molecule has 1 aromatic carbocycles. The normalized spacial score (nSPS) is 19.2. The molecule has 0 spiro atoms. The monoisotopic (exact) mass is 444 g/mol. The highest BCUT2D eigenvalue weighted by Crippen LogP contribution is 2.45. The fraction of sp³-hybridized carbons (Fsp3) is 0.320. The van der Waals surface area contributed by atoms with E-state index in [1.165, 1.54) is 6.42 Å². The van der Waals surface area contributed by atoms with E-state index in [0.717, 1.165) is 29.6 Å². The number of nitrogens with zero attached hydrogens (tertiary/aromatic N) is 3. The summed E-state index contributed by atoms with van der Waals surface area (Å²) in [5.41, 5.74) is 3.36. The minimum atomic E-state index is -0.188. The molecule has 0 bridgehead atoms. The number of nitrogens with one attached hydrogen (secondary N) is 1. The standard InChI is InChI=1S/C25H24N4O4/c1-13-19(25(31)28-10-15-8-16(15)11-28)12-29-23(13)20(6-7-27-29)33-17-4-5-18-21(9-17)32-14(2)22(18)24(30)26-3/h4-7,9,12,15-16H,8,10-11H2,1-3H3,(H,26,30). The first-order chi connectivity index (χ1) is 15.9. The lowest BCUT2D eigenvalue weighted by atomic mass is 10.1. The molecule has 1 saturated heterocycles. The molecule has 1 aliphatic carbocycles. The number of ether oxygens (including phenoxy) is 1. The number of amides is 2. The Morgan fingerprint density at radius 1 is 1.18 bits per heavy atom. The highest BCUT2D eigenvalue weighted by molar-refractivity contribution is 6.07. The number of carbonyl (C=O) groups is 2. The lowest BCUT2D eigenvalue weighted by molar-refractivity contribution is 0.0774. The Morgan fingerprint density at radius 2 is 1.97 bits per heavy atom. The van der Waals surface area contributed by atoms with Crippen LogP contribution < -0.4 is 10.1 Å². The minimum Gasteiger partial charge on any atom is -0.460 e. The number of hydrogen-bond acceptors (Lipinski definition) is 5. The third kappa shape index (κ3) is 3.08. The average molecular weight is 444 g/mol. The third-order valence-corrected chi connectivity index (χ3v) is 6.91. The lowest BCUT2D eigenvalue weighted by Crippen LogP contribution is -2.30. The van der Waals surface area contributed by atoms with Crippen molar-refractivity contribution < 1.29 is 18.7 Å². The maximum atomic E-state index is 13.1. The van der Waals surface area contributed by atoms with Crippen molar-refractivity contribution in [1.29, 1.82) is 0 Å². The van der Waals surface area contributed by atoms with E-state index in [4.69, 9.17) is 9.15 Å². The van der Waals surface area contributed by atoms with Crippen LogP contribution in [0.1, 0.15) is 38.5 Å². The molecule has 2 atom stereocenters. The number of aromatic nitrogens is 2. The van der Waals surface area contributed by atoms with E-state index >= 15 is 0 Å². The van der Waals surface area contributed by atoms with E-state index < -0.39 is 0 Å². The summed E-state index contributed by atoms with van der Waals surface area (Å²) < 4.78 is 13.7. The van der Waals surface area contributed by atoms with E-state index in [1.54, 1.807) is 43.0 Å². The first-order valence-electron chi connectivity index (χ1n) is 11.1. The molecule has 1 saturated carbocycles. The van der Waals surface area contributed by atoms with Crippen LogP contribution in [-0.2, 0) is 0 Å². The molecule has 8 nitrogen and oxygen atoms in total. The van der Waals surface area contributed by atoms with Gasteiger partial charge in [0.1, 0.15) is 22.6 Å². The predicted octanol–water partition coefficient (Wildman–Crippen LogP) is 3.94. The zero-order valence-electron chi connectivity index (χ0n) is 18.7. The number of piperidine rings is 1. The van der Waals surface area contributed by atoms with Gasteiger partial charge in [0.05, 0.1) is 17.3 Å². The summed E-state index contributed by atoms with van der Waals surface area (Å²) in [5.74, 6) is 2.97. The maximum absolute atomic E-state index is 13.1. The summed E-state index contributed by atoms with van der Waals surface area (Å²) in [5, 5.41) is 7.77. The Hall–Kier alpha value is -3.81. The fourth-order valence-corrected chi connectivity index (χ4v) is 5.05. The van der Waals surface area contributed by atoms with Crippen LogP contribution in [0.4, 0.5) is 0 Å². The van der Waals surface area contributed by atoms with Gasteiger partial charge in [-0.25, -0.2) is 4.52 Å². The van der Waals surface area contributed by atoms with E-state index in [-0.39, 0.29) is 11.8 Å². The van der Waals surface area contributed by atoms with Crippen molar-refractivity contribution in [3.05, 3.63) is 59.1 Å². The second kappa shape index (κ2) is 7.10. The van der Waals surface area contributed by atoms with Crippen LogP contribution in [0.15, 0.2) is 41.1 Å². The zero-order chi connectivity index (χ0) is 22.9. The number of rotatable bonds is 4. The van der Waals surface area contributed by atoms with Crippen molar-refractivity contribution in [3.63, 3.8) is 0 Å². The van der Waals surface area contributed by atoms with Gasteiger partial charge >= 0.3 is 0 Å². The summed E-state index contributed by atoms with van der Waals surface area (Å²) in [6.45, 7) is 5.41. The van der Waals surface area contributed by atoms with Crippen molar-refractivity contribution in [2.45, 2.75) is 20.3 Å². The Balaban J connectivity index is 1.35. The number of fused-ring (bicyclic) bond motifs is 3. The quantitative estimate of drug-likeness (QED) is 0.515. The largest absolute Gasteiger partial charge is 0.460 e. The number of furan rings is 1. The molecule has 1 aliphatic heterocycles. The van der Waals surface area contributed by atoms with Crippen molar-refractivity contribution in [3.8, 4) is 11.5 Å². The van der Waals surface area contributed by atoms with Gasteiger partial charge in [-0.05, 0) is 49.8 Å². The number of carbonyl (C=O) groups excluding carboxylic acids is 2. The second-order valence-electron chi connectivity index (χ2n) is 8.99. The van der Waals surface area contributed by atoms with Gasteiger partial charge in [-0.15, -0.1) is 0 Å². The van der Waals surface area contributed by atoms with Gasteiger partial charge in [0, 0.05) is 43.9 Å². The van der Waals surface area contributed by atoms with Gasteiger partial charge in [0.25, 0.3) is 11.8 Å². The molecular formula is C25H24N4O4. The molecular weight excluding hydrogens is 420 g/mol. The van der Waals surface area contributed by atoms with E-state index in [2.05, 4.69) is 10.4 Å². The van der Waals surface area contributed by atoms with Gasteiger partial charge in [-0.3, -0.25) is 9.59 Å². The molecule has 3 aromatic heterocycles. The Morgan fingerprint density at radius 3 is 2.73 bits per heavy atom. The van der Waals surface area contributed by atoms with Gasteiger partial charge in [-0.2, -0.15) is 5.10 Å². The molecule has 1 N–H and O–H groups in total. The molecule has 2 unspecified atom stereocenters. The van der Waals surface area contributed by atoms with E-state index in [1.807, 2.05) is 24.0 Å². The molecule has 6 rings (SSSR count). The third-order valence-electron chi connectivity index (χ3n) is 6.91. The van der Waals surface area contributed by atoms with Crippen LogP contribution in [0, 0.1) is 25.7 Å². The van der Waals surface area contributed by atoms with Crippen LogP contribution in [0.25, 0.3) is 16.5 Å². The van der Waals surface area contributed by atoms with E-state index in [0.29, 0.717) is 45.8 Å². The van der Waals surface area contributed by atoms with E-state index in [9.17, 15) is 9.59 Å². The molecule has 33 heavy (non-hydrogen) atoms. The zero-order valence-corrected chi connectivity index (χ0v) is 18.7. The molecule has 8 heteroatoms. The first kappa shape index (κ1) is 19.8. The molecule has 168 valence electrons. The molecule has 4 heterocycles. The molecule has 2 fully saturated rings. The van der Waals surface area contributed by atoms with Gasteiger partial charge in [-0.1, -0.05) is 0 Å². The van der Waals surface area contributed by atoms with Crippen LogP contribution in [0.2, 0.25) is 0 Å². The SMILES string of the molecule is CNC(=O)c1c(C)oc2cc(Oc3ccnn4cc(C(=O)N5CC6CC6C5)c(C)c34)ccc12. The Bertz CT molecular complexity index is 1440. The topological polar surface area (TPSA) is 89.1 Å². The van der Waals surface area contributed by atoms with Gasteiger partial charge < -0.3 is 19.4 Å². The van der Waals surface area contributed by atoms with Crippen LogP contribution in [0.5, 0.6) is 11.5 Å². The second-order valence-corrected chi connectivity index (χ2v) is 8.99. The Labute approximate surface area is 190 Å². The lowest BCUT2D eigenvalue weighted by Gasteiger charge is -2.17. The number of aryl methyl sites for hydroxylation is 2. The van der Waals surface area contributed by atoms with Crippen molar-refractivity contribution in [2.75, 3.05) is 20.1 Å². The van der Waals surface area contributed by atoms with Crippen molar-refractivity contribution in [1.82, 2.24) is 19.8 Å². The highest BCUT2D eigenvalue weighted by atomic mass is 16.5. The maximum Gasteiger partial charge on any atom is 0.255 e. The first-order valence-corrected chi connectivity index (χ1v) is 11.1. The minimum absolute atomic E-state index is 0.0605. The fourth-order valence-electron chi connectivity index (χ4n) is 5.05. The summed E-state index contributed by atoms with van der Waals surface area (Å²) in [7, 11) is 1.60. The van der Waals surface area contributed by atoms with Gasteiger partial charge in [0.15, 0.2) is 5.75 Å².